The lowest BCUT2D eigenvalue weighted by Gasteiger charge is -2.48. The van der Waals surface area contributed by atoms with Gasteiger partial charge in [0, 0.05) is 6.61 Å². The van der Waals surface area contributed by atoms with E-state index >= 15 is 0 Å². The van der Waals surface area contributed by atoms with Crippen LogP contribution in [-0.2, 0) is 0 Å². The number of aliphatic hydroxyl groups excluding tert-OH is 1. The van der Waals surface area contributed by atoms with Gasteiger partial charge in [-0.3, -0.25) is 0 Å². The molecular weight excluding hydrogens is 244 g/mol. The van der Waals surface area contributed by atoms with Crippen LogP contribution in [-0.4, -0.2) is 11.7 Å². The summed E-state index contributed by atoms with van der Waals surface area (Å²) in [5.74, 6) is 1.79. The summed E-state index contributed by atoms with van der Waals surface area (Å²) in [6.07, 6.45) is 11.3. The van der Waals surface area contributed by atoms with Crippen LogP contribution in [0, 0.1) is 23.2 Å². The summed E-state index contributed by atoms with van der Waals surface area (Å²) in [6, 6.07) is 0. The molecule has 114 valence electrons. The van der Waals surface area contributed by atoms with E-state index in [9.17, 15) is 5.11 Å². The molecule has 0 spiro atoms. The van der Waals surface area contributed by atoms with Crippen molar-refractivity contribution < 1.29 is 5.11 Å². The monoisotopic (exact) mass is 276 g/mol. The molecule has 0 unspecified atom stereocenters. The molecule has 0 amide bonds. The molecule has 1 N–H and O–H groups in total. The maximum Gasteiger partial charge on any atom is 0.0467 e. The summed E-state index contributed by atoms with van der Waals surface area (Å²) in [6.45, 7) is 11.3. The van der Waals surface area contributed by atoms with Crippen molar-refractivity contribution in [1.29, 1.82) is 0 Å². The van der Waals surface area contributed by atoms with Gasteiger partial charge in [-0.05, 0) is 68.6 Å². The molecule has 0 saturated heterocycles. The smallest absolute Gasteiger partial charge is 0.0467 e. The van der Waals surface area contributed by atoms with E-state index in [1.165, 1.54) is 37.7 Å². The van der Waals surface area contributed by atoms with Gasteiger partial charge in [0.2, 0.25) is 0 Å². The second kappa shape index (κ2) is 6.47. The number of hydrogen-bond acceptors (Lipinski definition) is 1. The molecule has 1 heteroatoms. The molecule has 0 aromatic heterocycles. The maximum atomic E-state index is 9.78. The van der Waals surface area contributed by atoms with Gasteiger partial charge in [0.05, 0.1) is 0 Å². The second-order valence-electron chi connectivity index (χ2n) is 7.59. The average Bonchev–Trinajstić information content (AvgIpc) is 2.38. The number of aliphatic hydroxyl groups is 1. The van der Waals surface area contributed by atoms with Crippen molar-refractivity contribution in [1.82, 2.24) is 0 Å². The van der Waals surface area contributed by atoms with Gasteiger partial charge in [0.1, 0.15) is 0 Å². The van der Waals surface area contributed by atoms with Gasteiger partial charge in [0.25, 0.3) is 0 Å². The van der Waals surface area contributed by atoms with E-state index in [-0.39, 0.29) is 0 Å². The topological polar surface area (TPSA) is 20.2 Å². The third kappa shape index (κ3) is 3.19. The Labute approximate surface area is 125 Å². The zero-order chi connectivity index (χ0) is 14.8. The molecule has 20 heavy (non-hydrogen) atoms. The van der Waals surface area contributed by atoms with E-state index in [4.69, 9.17) is 0 Å². The van der Waals surface area contributed by atoms with E-state index < -0.39 is 0 Å². The molecule has 0 aromatic carbocycles. The largest absolute Gasteiger partial charge is 0.396 e. The van der Waals surface area contributed by atoms with E-state index in [0.717, 1.165) is 12.8 Å². The minimum atomic E-state index is 0.366. The van der Waals surface area contributed by atoms with Gasteiger partial charge in [-0.25, -0.2) is 0 Å². The maximum absolute atomic E-state index is 9.78. The van der Waals surface area contributed by atoms with Crippen molar-refractivity contribution >= 4 is 0 Å². The van der Waals surface area contributed by atoms with Gasteiger partial charge < -0.3 is 5.11 Å². The summed E-state index contributed by atoms with van der Waals surface area (Å²) >= 11 is 0. The summed E-state index contributed by atoms with van der Waals surface area (Å²) in [5.41, 5.74) is 3.37. The third-order valence-electron chi connectivity index (χ3n) is 5.84. The SMILES string of the molecule is C=C(C)CCC[C@]1(C)CCC[C@H]2C1=CC[C@@H](C)[C@@H]2CO. The summed E-state index contributed by atoms with van der Waals surface area (Å²) in [4.78, 5) is 0. The molecule has 0 bridgehead atoms. The van der Waals surface area contributed by atoms with Gasteiger partial charge in [-0.15, -0.1) is 6.58 Å². The highest BCUT2D eigenvalue weighted by molar-refractivity contribution is 5.23. The summed E-state index contributed by atoms with van der Waals surface area (Å²) in [7, 11) is 0. The molecule has 1 fully saturated rings. The molecule has 1 saturated carbocycles. The van der Waals surface area contributed by atoms with Crippen molar-refractivity contribution in [2.75, 3.05) is 6.61 Å². The van der Waals surface area contributed by atoms with Crippen molar-refractivity contribution in [2.45, 2.75) is 65.7 Å². The zero-order valence-electron chi connectivity index (χ0n) is 13.6. The van der Waals surface area contributed by atoms with E-state index in [0.29, 0.717) is 29.8 Å². The highest BCUT2D eigenvalue weighted by atomic mass is 16.3. The minimum absolute atomic E-state index is 0.366. The molecule has 0 heterocycles. The van der Waals surface area contributed by atoms with Crippen LogP contribution in [0.15, 0.2) is 23.8 Å². The normalized spacial score (nSPS) is 37.2. The molecule has 0 aromatic rings. The molecule has 1 nitrogen and oxygen atoms in total. The lowest BCUT2D eigenvalue weighted by atomic mass is 9.57. The number of hydrogen-bond donors (Lipinski definition) is 1. The lowest BCUT2D eigenvalue weighted by molar-refractivity contribution is 0.0911. The molecular formula is C19H32O. The van der Waals surface area contributed by atoms with Gasteiger partial charge in [-0.1, -0.05) is 37.5 Å². The predicted octanol–water partition coefficient (Wildman–Crippen LogP) is 5.11. The molecule has 2 aliphatic carbocycles. The molecule has 4 atom stereocenters. The van der Waals surface area contributed by atoms with E-state index in [2.05, 4.69) is 33.4 Å². The fourth-order valence-corrected chi connectivity index (χ4v) is 4.54. The van der Waals surface area contributed by atoms with Gasteiger partial charge in [-0.2, -0.15) is 0 Å². The molecule has 2 rings (SSSR count). The first-order chi connectivity index (χ1) is 9.48. The standard InChI is InChI=1S/C19H32O/c1-14(2)7-5-11-19(4)12-6-8-16-17(13-20)15(3)9-10-18(16)19/h10,15-17,20H,1,5-9,11-13H2,2-4H3/t15-,16-,17+,19-/m1/s1. The zero-order valence-corrected chi connectivity index (χ0v) is 13.6. The molecule has 2 aliphatic rings. The van der Waals surface area contributed by atoms with Gasteiger partial charge >= 0.3 is 0 Å². The Morgan fingerprint density at radius 3 is 2.90 bits per heavy atom. The highest BCUT2D eigenvalue weighted by Gasteiger charge is 2.42. The summed E-state index contributed by atoms with van der Waals surface area (Å²) in [5, 5.41) is 9.78. The first kappa shape index (κ1) is 15.8. The van der Waals surface area contributed by atoms with Crippen LogP contribution in [0.1, 0.15) is 65.7 Å². The Morgan fingerprint density at radius 1 is 1.50 bits per heavy atom. The van der Waals surface area contributed by atoms with Crippen LogP contribution in [0.3, 0.4) is 0 Å². The average molecular weight is 276 g/mol. The van der Waals surface area contributed by atoms with Crippen LogP contribution in [0.2, 0.25) is 0 Å². The Bertz CT molecular complexity index is 381. The fraction of sp³-hybridized carbons (Fsp3) is 0.789. The van der Waals surface area contributed by atoms with Crippen LogP contribution in [0.4, 0.5) is 0 Å². The van der Waals surface area contributed by atoms with Crippen LogP contribution in [0.5, 0.6) is 0 Å². The lowest BCUT2D eigenvalue weighted by Crippen LogP contribution is -2.39. The first-order valence-corrected chi connectivity index (χ1v) is 8.43. The predicted molar refractivity (Wildman–Crippen MR) is 86.6 cm³/mol. The highest BCUT2D eigenvalue weighted by Crippen LogP contribution is 2.53. The Balaban J connectivity index is 2.12. The van der Waals surface area contributed by atoms with E-state index in [1.54, 1.807) is 5.57 Å². The Hall–Kier alpha value is -0.560. The van der Waals surface area contributed by atoms with Crippen molar-refractivity contribution in [3.05, 3.63) is 23.8 Å². The summed E-state index contributed by atoms with van der Waals surface area (Å²) < 4.78 is 0. The van der Waals surface area contributed by atoms with Crippen molar-refractivity contribution in [3.63, 3.8) is 0 Å². The van der Waals surface area contributed by atoms with Crippen molar-refractivity contribution in [2.24, 2.45) is 23.2 Å². The number of fused-ring (bicyclic) bond motifs is 1. The quantitative estimate of drug-likeness (QED) is 0.691. The number of rotatable bonds is 5. The van der Waals surface area contributed by atoms with Crippen LogP contribution < -0.4 is 0 Å². The third-order valence-corrected chi connectivity index (χ3v) is 5.84. The second-order valence-corrected chi connectivity index (χ2v) is 7.59. The Kier molecular flexibility index (Phi) is 5.12. The minimum Gasteiger partial charge on any atom is -0.396 e. The van der Waals surface area contributed by atoms with Crippen LogP contribution in [0.25, 0.3) is 0 Å². The fourth-order valence-electron chi connectivity index (χ4n) is 4.54. The van der Waals surface area contributed by atoms with Crippen LogP contribution >= 0.6 is 0 Å². The number of allylic oxidation sites excluding steroid dienone is 3. The molecule has 0 aliphatic heterocycles. The Morgan fingerprint density at radius 2 is 2.25 bits per heavy atom. The van der Waals surface area contributed by atoms with E-state index in [1.807, 2.05) is 0 Å². The first-order valence-electron chi connectivity index (χ1n) is 8.43. The van der Waals surface area contributed by atoms with Crippen molar-refractivity contribution in [3.8, 4) is 0 Å². The van der Waals surface area contributed by atoms with Gasteiger partial charge in [0.15, 0.2) is 0 Å². The molecule has 0 radical (unpaired) electrons.